The Bertz CT molecular complexity index is 348. The van der Waals surface area contributed by atoms with Crippen molar-refractivity contribution in [2.24, 2.45) is 10.4 Å². The zero-order chi connectivity index (χ0) is 16.5. The normalized spacial score (nSPS) is 13.0. The highest BCUT2D eigenvalue weighted by Gasteiger charge is 2.20. The first-order valence-corrected chi connectivity index (χ1v) is 8.70. The summed E-state index contributed by atoms with van der Waals surface area (Å²) in [6.45, 7) is 14.9. The first-order valence-electron chi connectivity index (χ1n) is 7.48. The molecule has 0 heterocycles. The molecule has 0 bridgehead atoms. The van der Waals surface area contributed by atoms with E-state index in [4.69, 9.17) is 0 Å². The molecule has 0 spiro atoms. The van der Waals surface area contributed by atoms with Crippen molar-refractivity contribution in [1.82, 2.24) is 16.0 Å². The summed E-state index contributed by atoms with van der Waals surface area (Å²) in [6.07, 6.45) is 2.10. The number of carbonyl (C=O) groups excluding carboxylic acids is 1. The van der Waals surface area contributed by atoms with Crippen LogP contribution in [0.25, 0.3) is 0 Å². The van der Waals surface area contributed by atoms with Crippen molar-refractivity contribution in [2.75, 3.05) is 32.4 Å². The van der Waals surface area contributed by atoms with Crippen LogP contribution in [0.1, 0.15) is 41.5 Å². The van der Waals surface area contributed by atoms with Gasteiger partial charge in [-0.1, -0.05) is 20.8 Å². The van der Waals surface area contributed by atoms with Crippen LogP contribution >= 0.6 is 11.8 Å². The quantitative estimate of drug-likeness (QED) is 0.381. The Morgan fingerprint density at radius 1 is 1.05 bits per heavy atom. The fraction of sp³-hybridized carbons (Fsp3) is 0.867. The van der Waals surface area contributed by atoms with Crippen LogP contribution in [0.4, 0.5) is 0 Å². The molecule has 0 saturated heterocycles. The van der Waals surface area contributed by atoms with Gasteiger partial charge in [0.25, 0.3) is 0 Å². The first kappa shape index (κ1) is 20.1. The minimum absolute atomic E-state index is 0.0646. The highest BCUT2D eigenvalue weighted by Crippen LogP contribution is 2.20. The van der Waals surface area contributed by atoms with Crippen molar-refractivity contribution in [3.8, 4) is 0 Å². The summed E-state index contributed by atoms with van der Waals surface area (Å²) in [6, 6.07) is 0. The van der Waals surface area contributed by atoms with Crippen molar-refractivity contribution < 1.29 is 4.79 Å². The van der Waals surface area contributed by atoms with E-state index in [0.29, 0.717) is 13.1 Å². The van der Waals surface area contributed by atoms with E-state index in [-0.39, 0.29) is 16.1 Å². The number of rotatable bonds is 7. The average molecular weight is 317 g/mol. The van der Waals surface area contributed by atoms with E-state index in [9.17, 15) is 4.79 Å². The number of carbonyl (C=O) groups is 1. The average Bonchev–Trinajstić information content (AvgIpc) is 2.39. The Hall–Kier alpha value is -0.910. The Labute approximate surface area is 134 Å². The topological polar surface area (TPSA) is 65.5 Å². The van der Waals surface area contributed by atoms with Crippen molar-refractivity contribution in [3.05, 3.63) is 0 Å². The molecule has 0 rings (SSSR count). The van der Waals surface area contributed by atoms with Crippen LogP contribution in [0.2, 0.25) is 0 Å². The molecule has 3 N–H and O–H groups in total. The predicted octanol–water partition coefficient (Wildman–Crippen LogP) is 1.85. The summed E-state index contributed by atoms with van der Waals surface area (Å²) in [7, 11) is 0. The monoisotopic (exact) mass is 316 g/mol. The molecule has 1 amide bonds. The van der Waals surface area contributed by atoms with Crippen LogP contribution in [0, 0.1) is 5.41 Å². The lowest BCUT2D eigenvalue weighted by atomic mass is 9.96. The zero-order valence-electron chi connectivity index (χ0n) is 14.6. The molecule has 0 saturated carbocycles. The number of thioether (sulfide) groups is 1. The molecule has 0 aromatic heterocycles. The molecule has 0 aliphatic rings. The van der Waals surface area contributed by atoms with E-state index in [0.717, 1.165) is 19.0 Å². The lowest BCUT2D eigenvalue weighted by molar-refractivity contribution is -0.128. The van der Waals surface area contributed by atoms with Gasteiger partial charge in [0.15, 0.2) is 5.96 Å². The molecule has 0 radical (unpaired) electrons. The third-order valence-corrected chi connectivity index (χ3v) is 4.13. The van der Waals surface area contributed by atoms with Crippen molar-refractivity contribution in [2.45, 2.75) is 46.3 Å². The van der Waals surface area contributed by atoms with Crippen LogP contribution in [-0.2, 0) is 4.79 Å². The fourth-order valence-electron chi connectivity index (χ4n) is 1.30. The second kappa shape index (κ2) is 9.18. The summed E-state index contributed by atoms with van der Waals surface area (Å²) in [4.78, 5) is 16.3. The van der Waals surface area contributed by atoms with E-state index in [1.54, 1.807) is 11.8 Å². The highest BCUT2D eigenvalue weighted by atomic mass is 32.2. The van der Waals surface area contributed by atoms with Gasteiger partial charge in [-0.05, 0) is 27.0 Å². The Morgan fingerprint density at radius 3 is 2.10 bits per heavy atom. The van der Waals surface area contributed by atoms with Crippen LogP contribution in [0.5, 0.6) is 0 Å². The summed E-state index contributed by atoms with van der Waals surface area (Å²) in [5.41, 5.74) is -0.346. The standard InChI is InChI=1S/C15H32N4OS/c1-8-16-13(19-11-15(5,6)21-7)18-10-9-17-12(20)14(2,3)4/h8-11H2,1-7H3,(H,17,20)(H2,16,18,19). The number of nitrogens with zero attached hydrogens (tertiary/aromatic N) is 1. The zero-order valence-corrected chi connectivity index (χ0v) is 15.4. The number of aliphatic imine (C=N–C) groups is 1. The lowest BCUT2D eigenvalue weighted by Gasteiger charge is -2.21. The molecule has 0 aromatic carbocycles. The molecule has 0 aliphatic heterocycles. The lowest BCUT2D eigenvalue weighted by Crippen LogP contribution is -2.44. The molecule has 124 valence electrons. The van der Waals surface area contributed by atoms with Gasteiger partial charge in [0.05, 0.1) is 6.54 Å². The van der Waals surface area contributed by atoms with Gasteiger partial charge >= 0.3 is 0 Å². The minimum Gasteiger partial charge on any atom is -0.357 e. The number of guanidine groups is 1. The van der Waals surface area contributed by atoms with Gasteiger partial charge in [0.2, 0.25) is 5.91 Å². The molecule has 5 nitrogen and oxygen atoms in total. The number of nitrogens with one attached hydrogen (secondary N) is 3. The molecule has 0 fully saturated rings. The Balaban J connectivity index is 4.22. The SMILES string of the molecule is CCNC(=NCC(C)(C)SC)NCCNC(=O)C(C)(C)C. The van der Waals surface area contributed by atoms with Gasteiger partial charge in [0, 0.05) is 29.8 Å². The van der Waals surface area contributed by atoms with Gasteiger partial charge in [-0.15, -0.1) is 0 Å². The third-order valence-electron chi connectivity index (χ3n) is 2.90. The molecule has 0 aliphatic carbocycles. The van der Waals surface area contributed by atoms with Crippen LogP contribution in [0.3, 0.4) is 0 Å². The van der Waals surface area contributed by atoms with Gasteiger partial charge in [0.1, 0.15) is 0 Å². The predicted molar refractivity (Wildman–Crippen MR) is 94.0 cm³/mol. The second-order valence-corrected chi connectivity index (χ2v) is 8.11. The van der Waals surface area contributed by atoms with Crippen LogP contribution < -0.4 is 16.0 Å². The molecular weight excluding hydrogens is 284 g/mol. The van der Waals surface area contributed by atoms with Crippen molar-refractivity contribution >= 4 is 23.6 Å². The molecular formula is C15H32N4OS. The van der Waals surface area contributed by atoms with Gasteiger partial charge in [-0.2, -0.15) is 11.8 Å². The van der Waals surface area contributed by atoms with E-state index in [2.05, 4.69) is 41.0 Å². The minimum atomic E-state index is -0.346. The number of hydrogen-bond donors (Lipinski definition) is 3. The maximum Gasteiger partial charge on any atom is 0.225 e. The molecule has 6 heteroatoms. The smallest absolute Gasteiger partial charge is 0.225 e. The van der Waals surface area contributed by atoms with E-state index >= 15 is 0 Å². The van der Waals surface area contributed by atoms with E-state index < -0.39 is 0 Å². The Kier molecular flexibility index (Phi) is 8.78. The van der Waals surface area contributed by atoms with Crippen molar-refractivity contribution in [1.29, 1.82) is 0 Å². The van der Waals surface area contributed by atoms with E-state index in [1.165, 1.54) is 0 Å². The largest absolute Gasteiger partial charge is 0.357 e. The molecule has 21 heavy (non-hydrogen) atoms. The van der Waals surface area contributed by atoms with Gasteiger partial charge < -0.3 is 16.0 Å². The maximum absolute atomic E-state index is 11.7. The summed E-state index contributed by atoms with van der Waals surface area (Å²) < 4.78 is 0.128. The van der Waals surface area contributed by atoms with Crippen LogP contribution in [-0.4, -0.2) is 49.0 Å². The second-order valence-electron chi connectivity index (χ2n) is 6.59. The van der Waals surface area contributed by atoms with Gasteiger partial charge in [-0.25, -0.2) is 0 Å². The summed E-state index contributed by atoms with van der Waals surface area (Å²) in [5.74, 6) is 0.861. The van der Waals surface area contributed by atoms with Crippen molar-refractivity contribution in [3.63, 3.8) is 0 Å². The highest BCUT2D eigenvalue weighted by molar-refractivity contribution is 7.99. The Morgan fingerprint density at radius 2 is 1.62 bits per heavy atom. The van der Waals surface area contributed by atoms with Crippen LogP contribution in [0.15, 0.2) is 4.99 Å². The number of hydrogen-bond acceptors (Lipinski definition) is 3. The molecule has 0 atom stereocenters. The molecule has 0 aromatic rings. The third kappa shape index (κ3) is 9.61. The summed E-state index contributed by atoms with van der Waals surface area (Å²) >= 11 is 1.80. The first-order chi connectivity index (χ1) is 9.62. The number of amides is 1. The van der Waals surface area contributed by atoms with Gasteiger partial charge in [-0.3, -0.25) is 9.79 Å². The van der Waals surface area contributed by atoms with E-state index in [1.807, 2.05) is 27.7 Å². The maximum atomic E-state index is 11.7. The molecule has 0 unspecified atom stereocenters. The fourth-order valence-corrected chi connectivity index (χ4v) is 1.49. The summed E-state index contributed by atoms with van der Waals surface area (Å²) in [5, 5.41) is 9.37.